The van der Waals surface area contributed by atoms with Crippen molar-refractivity contribution in [1.29, 1.82) is 0 Å². The molecule has 0 atom stereocenters. The Morgan fingerprint density at radius 3 is 1.83 bits per heavy atom. The molecular weight excluding hydrogens is 195 g/mol. The van der Waals surface area contributed by atoms with E-state index in [1.54, 1.807) is 0 Å². The molecule has 72 valence electrons. The van der Waals surface area contributed by atoms with Gasteiger partial charge in [0.25, 0.3) is 0 Å². The highest BCUT2D eigenvalue weighted by Gasteiger charge is 2.50. The maximum atomic E-state index is 11.9. The average Bonchev–Trinajstić information content (AvgIpc) is 2.34. The van der Waals surface area contributed by atoms with E-state index in [-0.39, 0.29) is 13.1 Å². The van der Waals surface area contributed by atoms with Crippen LogP contribution < -0.4 is 0 Å². The summed E-state index contributed by atoms with van der Waals surface area (Å²) in [5.41, 5.74) is -5.14. The molecule has 0 bridgehead atoms. The summed E-state index contributed by atoms with van der Waals surface area (Å²) in [7, 11) is -5.04. The molecule has 1 saturated heterocycles. The maximum absolute atomic E-state index is 11.9. The Kier molecular flexibility index (Phi) is 2.35. The molecule has 0 radical (unpaired) electrons. The second-order valence-electron chi connectivity index (χ2n) is 2.56. The molecular formula is C5H8F3NO2S. The number of hydrogen-bond acceptors (Lipinski definition) is 2. The molecule has 3 nitrogen and oxygen atoms in total. The van der Waals surface area contributed by atoms with E-state index >= 15 is 0 Å². The summed E-state index contributed by atoms with van der Waals surface area (Å²) < 4.78 is 57.4. The molecule has 1 aliphatic heterocycles. The van der Waals surface area contributed by atoms with Crippen molar-refractivity contribution in [2.24, 2.45) is 0 Å². The van der Waals surface area contributed by atoms with Gasteiger partial charge in [0.15, 0.2) is 0 Å². The first-order chi connectivity index (χ1) is 5.36. The van der Waals surface area contributed by atoms with E-state index in [0.717, 1.165) is 0 Å². The van der Waals surface area contributed by atoms with Crippen molar-refractivity contribution in [3.63, 3.8) is 0 Å². The molecule has 0 aromatic rings. The number of hydrogen-bond donors (Lipinski definition) is 0. The first kappa shape index (κ1) is 9.79. The highest BCUT2D eigenvalue weighted by Crippen LogP contribution is 2.28. The molecule has 0 aliphatic carbocycles. The summed E-state index contributed by atoms with van der Waals surface area (Å²) >= 11 is 0. The standard InChI is InChI=1S/C5H8F3NO2S/c6-5(7,8)12(10,11)9-3-1-2-4-9/h1-4H2. The van der Waals surface area contributed by atoms with Gasteiger partial charge in [-0.25, -0.2) is 8.42 Å². The Hall–Kier alpha value is -0.300. The molecule has 12 heavy (non-hydrogen) atoms. The molecule has 0 spiro atoms. The summed E-state index contributed by atoms with van der Waals surface area (Å²) in [6, 6.07) is 0. The Labute approximate surface area is 68.2 Å². The van der Waals surface area contributed by atoms with Crippen molar-refractivity contribution in [2.75, 3.05) is 13.1 Å². The van der Waals surface area contributed by atoms with Crippen LogP contribution in [0.25, 0.3) is 0 Å². The minimum Gasteiger partial charge on any atom is -0.203 e. The Morgan fingerprint density at radius 1 is 1.08 bits per heavy atom. The Morgan fingerprint density at radius 2 is 1.50 bits per heavy atom. The third-order valence-electron chi connectivity index (χ3n) is 1.70. The lowest BCUT2D eigenvalue weighted by Gasteiger charge is -2.16. The topological polar surface area (TPSA) is 37.4 Å². The van der Waals surface area contributed by atoms with Crippen LogP contribution in [0.2, 0.25) is 0 Å². The fourth-order valence-electron chi connectivity index (χ4n) is 1.07. The van der Waals surface area contributed by atoms with Crippen LogP contribution in [0.4, 0.5) is 13.2 Å². The number of nitrogens with zero attached hydrogens (tertiary/aromatic N) is 1. The molecule has 0 amide bonds. The van der Waals surface area contributed by atoms with Crippen molar-refractivity contribution in [3.8, 4) is 0 Å². The van der Waals surface area contributed by atoms with Gasteiger partial charge in [0.2, 0.25) is 0 Å². The van der Waals surface area contributed by atoms with Crippen molar-refractivity contribution in [2.45, 2.75) is 18.3 Å². The zero-order valence-corrected chi connectivity index (χ0v) is 6.95. The molecule has 0 unspecified atom stereocenters. The van der Waals surface area contributed by atoms with Crippen molar-refractivity contribution in [1.82, 2.24) is 4.31 Å². The third-order valence-corrected chi connectivity index (χ3v) is 3.33. The molecule has 0 N–H and O–H groups in total. The first-order valence-corrected chi connectivity index (χ1v) is 4.86. The van der Waals surface area contributed by atoms with Gasteiger partial charge >= 0.3 is 15.5 Å². The smallest absolute Gasteiger partial charge is 0.203 e. The van der Waals surface area contributed by atoms with E-state index in [2.05, 4.69) is 0 Å². The van der Waals surface area contributed by atoms with Gasteiger partial charge < -0.3 is 0 Å². The fraction of sp³-hybridized carbons (Fsp3) is 1.00. The van der Waals surface area contributed by atoms with Crippen LogP contribution in [0.1, 0.15) is 12.8 Å². The quantitative estimate of drug-likeness (QED) is 0.635. The van der Waals surface area contributed by atoms with E-state index < -0.39 is 15.5 Å². The lowest BCUT2D eigenvalue weighted by Crippen LogP contribution is -2.38. The Balaban J connectivity index is 2.85. The van der Waals surface area contributed by atoms with E-state index in [0.29, 0.717) is 17.1 Å². The van der Waals surface area contributed by atoms with Gasteiger partial charge in [0.1, 0.15) is 0 Å². The van der Waals surface area contributed by atoms with Crippen molar-refractivity contribution in [3.05, 3.63) is 0 Å². The molecule has 0 aromatic carbocycles. The number of alkyl halides is 3. The summed E-state index contributed by atoms with van der Waals surface area (Å²) in [5, 5.41) is 0. The number of rotatable bonds is 1. The molecule has 0 aromatic heterocycles. The van der Waals surface area contributed by atoms with Crippen LogP contribution in [0.15, 0.2) is 0 Å². The molecule has 0 saturated carbocycles. The van der Waals surface area contributed by atoms with E-state index in [4.69, 9.17) is 0 Å². The molecule has 1 fully saturated rings. The lowest BCUT2D eigenvalue weighted by atomic mass is 10.4. The minimum absolute atomic E-state index is 0.0121. The average molecular weight is 203 g/mol. The van der Waals surface area contributed by atoms with Gasteiger partial charge in [-0.2, -0.15) is 17.5 Å². The van der Waals surface area contributed by atoms with Crippen LogP contribution in [0.5, 0.6) is 0 Å². The zero-order valence-electron chi connectivity index (χ0n) is 6.13. The van der Waals surface area contributed by atoms with Gasteiger partial charge in [0, 0.05) is 13.1 Å². The van der Waals surface area contributed by atoms with Gasteiger partial charge in [-0.3, -0.25) is 0 Å². The second kappa shape index (κ2) is 2.88. The fourth-order valence-corrected chi connectivity index (χ4v) is 2.11. The monoisotopic (exact) mass is 203 g/mol. The summed E-state index contributed by atoms with van der Waals surface area (Å²) in [5.74, 6) is 0. The number of sulfonamides is 1. The van der Waals surface area contributed by atoms with Crippen LogP contribution in [0, 0.1) is 0 Å². The predicted octanol–water partition coefficient (Wildman–Crippen LogP) is 0.932. The van der Waals surface area contributed by atoms with Crippen LogP contribution >= 0.6 is 0 Å². The Bertz CT molecular complexity index is 252. The van der Waals surface area contributed by atoms with Crippen LogP contribution in [0.3, 0.4) is 0 Å². The van der Waals surface area contributed by atoms with Gasteiger partial charge in [-0.15, -0.1) is 0 Å². The zero-order chi connectivity index (χ0) is 9.41. The highest BCUT2D eigenvalue weighted by atomic mass is 32.2. The molecule has 1 heterocycles. The summed E-state index contributed by atoms with van der Waals surface area (Å²) in [4.78, 5) is 0. The second-order valence-corrected chi connectivity index (χ2v) is 4.49. The third kappa shape index (κ3) is 1.56. The van der Waals surface area contributed by atoms with E-state index in [1.165, 1.54) is 0 Å². The van der Waals surface area contributed by atoms with Crippen LogP contribution in [-0.4, -0.2) is 31.3 Å². The molecule has 1 rings (SSSR count). The van der Waals surface area contributed by atoms with Gasteiger partial charge in [0.05, 0.1) is 0 Å². The number of halogens is 3. The van der Waals surface area contributed by atoms with Gasteiger partial charge in [-0.05, 0) is 12.8 Å². The maximum Gasteiger partial charge on any atom is 0.511 e. The van der Waals surface area contributed by atoms with Crippen LogP contribution in [-0.2, 0) is 10.0 Å². The van der Waals surface area contributed by atoms with Crippen molar-refractivity contribution >= 4 is 10.0 Å². The summed E-state index contributed by atoms with van der Waals surface area (Å²) in [6.07, 6.45) is 1.02. The molecule has 7 heteroatoms. The SMILES string of the molecule is O=S(=O)(N1CCCC1)C(F)(F)F. The van der Waals surface area contributed by atoms with Crippen molar-refractivity contribution < 1.29 is 21.6 Å². The van der Waals surface area contributed by atoms with E-state index in [9.17, 15) is 21.6 Å². The first-order valence-electron chi connectivity index (χ1n) is 3.42. The minimum atomic E-state index is -5.14. The molecule has 1 aliphatic rings. The highest BCUT2D eigenvalue weighted by molar-refractivity contribution is 7.90. The van der Waals surface area contributed by atoms with Gasteiger partial charge in [-0.1, -0.05) is 0 Å². The largest absolute Gasteiger partial charge is 0.511 e. The lowest BCUT2D eigenvalue weighted by molar-refractivity contribution is -0.0483. The van der Waals surface area contributed by atoms with E-state index in [1.807, 2.05) is 0 Å². The normalized spacial score (nSPS) is 21.6. The summed E-state index contributed by atoms with van der Waals surface area (Å²) in [6.45, 7) is -0.0241. The predicted molar refractivity (Wildman–Crippen MR) is 35.8 cm³/mol.